The fourth-order valence-corrected chi connectivity index (χ4v) is 4.52. The number of alkyl halides is 3. The molecular formula is C30H27F3N6O. The fourth-order valence-electron chi connectivity index (χ4n) is 4.52. The van der Waals surface area contributed by atoms with Gasteiger partial charge in [-0.2, -0.15) is 13.2 Å². The molecule has 40 heavy (non-hydrogen) atoms. The monoisotopic (exact) mass is 544 g/mol. The average Bonchev–Trinajstić information content (AvgIpc) is 2.94. The lowest BCUT2D eigenvalue weighted by molar-refractivity contribution is -0.138. The van der Waals surface area contributed by atoms with Gasteiger partial charge in [-0.05, 0) is 49.9 Å². The highest BCUT2D eigenvalue weighted by Crippen LogP contribution is 2.34. The van der Waals surface area contributed by atoms with E-state index in [4.69, 9.17) is 0 Å². The van der Waals surface area contributed by atoms with Crippen LogP contribution in [0.3, 0.4) is 0 Å². The lowest BCUT2D eigenvalue weighted by Crippen LogP contribution is -2.44. The lowest BCUT2D eigenvalue weighted by Gasteiger charge is -2.33. The third-order valence-electron chi connectivity index (χ3n) is 6.87. The summed E-state index contributed by atoms with van der Waals surface area (Å²) < 4.78 is 41.9. The van der Waals surface area contributed by atoms with Crippen molar-refractivity contribution in [1.29, 1.82) is 0 Å². The van der Waals surface area contributed by atoms with Gasteiger partial charge in [-0.25, -0.2) is 0 Å². The Balaban J connectivity index is 1.36. The first-order valence-electron chi connectivity index (χ1n) is 12.8. The molecule has 5 rings (SSSR count). The Hall–Kier alpha value is -4.33. The molecule has 204 valence electrons. The molecule has 10 heteroatoms. The first-order chi connectivity index (χ1) is 19.2. The number of hydrogen-bond donors (Lipinski definition) is 1. The van der Waals surface area contributed by atoms with Crippen molar-refractivity contribution in [3.05, 3.63) is 94.7 Å². The Bertz CT molecular complexity index is 1610. The van der Waals surface area contributed by atoms with Crippen LogP contribution in [0.4, 0.5) is 18.9 Å². The minimum Gasteiger partial charge on any atom is -0.322 e. The summed E-state index contributed by atoms with van der Waals surface area (Å²) in [6.45, 7) is 4.98. The van der Waals surface area contributed by atoms with Gasteiger partial charge in [0.25, 0.3) is 5.91 Å². The number of carbonyl (C=O) groups is 1. The van der Waals surface area contributed by atoms with E-state index < -0.39 is 17.6 Å². The Morgan fingerprint density at radius 1 is 1.00 bits per heavy atom. The number of carbonyl (C=O) groups excluding carboxylic acids is 1. The second-order valence-electron chi connectivity index (χ2n) is 9.77. The molecule has 1 aliphatic heterocycles. The van der Waals surface area contributed by atoms with Crippen molar-refractivity contribution in [3.8, 4) is 11.8 Å². The number of nitrogens with zero attached hydrogens (tertiary/aromatic N) is 5. The summed E-state index contributed by atoms with van der Waals surface area (Å²) in [7, 11) is 2.00. The molecule has 1 aromatic carbocycles. The number of nitrogens with one attached hydrogen (secondary N) is 1. The van der Waals surface area contributed by atoms with Crippen LogP contribution in [0.1, 0.15) is 38.3 Å². The highest BCUT2D eigenvalue weighted by Gasteiger charge is 2.34. The minimum absolute atomic E-state index is 0.0574. The second kappa shape index (κ2) is 11.4. The summed E-state index contributed by atoms with van der Waals surface area (Å²) in [6.07, 6.45) is 1.80. The zero-order chi connectivity index (χ0) is 28.3. The minimum atomic E-state index is -4.55. The van der Waals surface area contributed by atoms with E-state index in [1.807, 2.05) is 24.1 Å². The van der Waals surface area contributed by atoms with Crippen LogP contribution in [0.2, 0.25) is 0 Å². The molecule has 1 N–H and O–H groups in total. The zero-order valence-electron chi connectivity index (χ0n) is 22.1. The Labute approximate surface area is 230 Å². The second-order valence-corrected chi connectivity index (χ2v) is 9.77. The molecule has 0 saturated carbocycles. The Morgan fingerprint density at radius 2 is 1.77 bits per heavy atom. The van der Waals surface area contributed by atoms with E-state index in [1.165, 1.54) is 18.3 Å². The van der Waals surface area contributed by atoms with Gasteiger partial charge in [0.15, 0.2) is 0 Å². The number of aryl methyl sites for hydroxylation is 1. The molecule has 1 saturated heterocycles. The number of piperazine rings is 1. The maximum atomic E-state index is 14.0. The van der Waals surface area contributed by atoms with Crippen LogP contribution in [0.5, 0.6) is 0 Å². The normalized spacial score (nSPS) is 14.5. The van der Waals surface area contributed by atoms with Crippen LogP contribution >= 0.6 is 0 Å². The smallest absolute Gasteiger partial charge is 0.322 e. The van der Waals surface area contributed by atoms with E-state index in [1.54, 1.807) is 31.6 Å². The summed E-state index contributed by atoms with van der Waals surface area (Å²) in [5, 5.41) is 3.43. The molecular weight excluding hydrogens is 517 g/mol. The maximum absolute atomic E-state index is 14.0. The first kappa shape index (κ1) is 27.2. The van der Waals surface area contributed by atoms with Crippen LogP contribution < -0.4 is 5.32 Å². The van der Waals surface area contributed by atoms with Gasteiger partial charge in [0.1, 0.15) is 0 Å². The van der Waals surface area contributed by atoms with Gasteiger partial charge in [-0.15, -0.1) is 0 Å². The van der Waals surface area contributed by atoms with E-state index in [9.17, 15) is 18.0 Å². The molecule has 3 aromatic heterocycles. The average molecular weight is 545 g/mol. The fraction of sp³-hybridized carbons (Fsp3) is 0.267. The predicted octanol–water partition coefficient (Wildman–Crippen LogP) is 4.75. The van der Waals surface area contributed by atoms with Gasteiger partial charge >= 0.3 is 6.18 Å². The topological polar surface area (TPSA) is 74.2 Å². The molecule has 0 aliphatic carbocycles. The molecule has 4 aromatic rings. The summed E-state index contributed by atoms with van der Waals surface area (Å²) in [6, 6.07) is 9.22. The van der Waals surface area contributed by atoms with Crippen LogP contribution in [0, 0.1) is 18.8 Å². The number of fused-ring (bicyclic) bond motifs is 1. The maximum Gasteiger partial charge on any atom is 0.416 e. The van der Waals surface area contributed by atoms with E-state index in [2.05, 4.69) is 37.0 Å². The highest BCUT2D eigenvalue weighted by molar-refractivity contribution is 6.04. The van der Waals surface area contributed by atoms with E-state index >= 15 is 0 Å². The number of amides is 1. The Kier molecular flexibility index (Phi) is 7.78. The zero-order valence-corrected chi connectivity index (χ0v) is 22.1. The number of rotatable bonds is 4. The van der Waals surface area contributed by atoms with E-state index in [0.717, 1.165) is 24.5 Å². The molecule has 1 amide bonds. The van der Waals surface area contributed by atoms with E-state index in [0.29, 0.717) is 35.4 Å². The molecule has 1 fully saturated rings. The van der Waals surface area contributed by atoms with Crippen LogP contribution in [-0.4, -0.2) is 63.9 Å². The van der Waals surface area contributed by atoms with Crippen molar-refractivity contribution in [1.82, 2.24) is 24.8 Å². The molecule has 1 aliphatic rings. The van der Waals surface area contributed by atoms with Gasteiger partial charge in [0, 0.05) is 68.0 Å². The summed E-state index contributed by atoms with van der Waals surface area (Å²) >= 11 is 0. The van der Waals surface area contributed by atoms with Gasteiger partial charge in [0.05, 0.1) is 34.1 Å². The third kappa shape index (κ3) is 6.28. The van der Waals surface area contributed by atoms with Crippen molar-refractivity contribution in [2.24, 2.45) is 0 Å². The number of anilines is 1. The quantitative estimate of drug-likeness (QED) is 0.374. The molecule has 0 radical (unpaired) electrons. The highest BCUT2D eigenvalue weighted by atomic mass is 19.4. The van der Waals surface area contributed by atoms with Gasteiger partial charge in [-0.3, -0.25) is 24.6 Å². The van der Waals surface area contributed by atoms with Crippen molar-refractivity contribution < 1.29 is 18.0 Å². The standard InChI is InChI=1S/C30H27F3N6O/c1-20-21(5-6-22-16-34-18-28-26(22)4-3-9-35-28)14-24(17-36-20)29(40)37-25-8-7-23(27(15-25)30(31,32)33)19-39-12-10-38(2)11-13-39/h3-4,7-9,14-18H,10-13,19H2,1-2H3,(H,37,40). The third-order valence-corrected chi connectivity index (χ3v) is 6.87. The number of aromatic nitrogens is 3. The van der Waals surface area contributed by atoms with Crippen molar-refractivity contribution >= 4 is 22.5 Å². The number of halogens is 3. The first-order valence-corrected chi connectivity index (χ1v) is 12.8. The summed E-state index contributed by atoms with van der Waals surface area (Å²) in [4.78, 5) is 29.9. The van der Waals surface area contributed by atoms with Crippen LogP contribution in [0.25, 0.3) is 10.9 Å². The van der Waals surface area contributed by atoms with Gasteiger partial charge < -0.3 is 10.2 Å². The summed E-state index contributed by atoms with van der Waals surface area (Å²) in [5.74, 6) is 5.54. The molecule has 0 atom stereocenters. The SMILES string of the molecule is Cc1ncc(C(=O)Nc2ccc(CN3CCN(C)CC3)c(C(F)(F)F)c2)cc1C#Cc1cncc2ncccc12. The number of likely N-dealkylation sites (N-methyl/N-ethyl adjacent to an activating group) is 1. The summed E-state index contributed by atoms with van der Waals surface area (Å²) in [5.41, 5.74) is 2.19. The van der Waals surface area contributed by atoms with Crippen molar-refractivity contribution in [2.45, 2.75) is 19.6 Å². The predicted molar refractivity (Wildman–Crippen MR) is 147 cm³/mol. The molecule has 0 unspecified atom stereocenters. The molecule has 7 nitrogen and oxygen atoms in total. The van der Waals surface area contributed by atoms with Gasteiger partial charge in [-0.1, -0.05) is 17.9 Å². The largest absolute Gasteiger partial charge is 0.416 e. The molecule has 0 spiro atoms. The van der Waals surface area contributed by atoms with Crippen molar-refractivity contribution in [3.63, 3.8) is 0 Å². The van der Waals surface area contributed by atoms with Crippen LogP contribution in [-0.2, 0) is 12.7 Å². The van der Waals surface area contributed by atoms with Crippen LogP contribution in [0.15, 0.2) is 61.2 Å². The Morgan fingerprint density at radius 3 is 2.55 bits per heavy atom. The van der Waals surface area contributed by atoms with Gasteiger partial charge in [0.2, 0.25) is 0 Å². The number of pyridine rings is 3. The molecule has 4 heterocycles. The lowest BCUT2D eigenvalue weighted by atomic mass is 10.0. The van der Waals surface area contributed by atoms with E-state index in [-0.39, 0.29) is 23.4 Å². The molecule has 0 bridgehead atoms. The number of hydrogen-bond acceptors (Lipinski definition) is 6. The van der Waals surface area contributed by atoms with Crippen molar-refractivity contribution in [2.75, 3.05) is 38.5 Å². The number of benzene rings is 1.